The fourth-order valence-corrected chi connectivity index (χ4v) is 2.45. The van der Waals surface area contributed by atoms with Gasteiger partial charge in [-0.05, 0) is 12.3 Å². The molecule has 0 aliphatic heterocycles. The minimum Gasteiger partial charge on any atom is -0.385 e. The summed E-state index contributed by atoms with van der Waals surface area (Å²) in [6.45, 7) is 9.32. The number of nitrogens with zero attached hydrogens (tertiary/aromatic N) is 2. The van der Waals surface area contributed by atoms with E-state index in [9.17, 15) is 9.59 Å². The van der Waals surface area contributed by atoms with E-state index in [1.807, 2.05) is 13.8 Å². The van der Waals surface area contributed by atoms with Gasteiger partial charge in [0.15, 0.2) is 0 Å². The molecule has 3 N–H and O–H groups in total. The molecule has 0 radical (unpaired) electrons. The van der Waals surface area contributed by atoms with Crippen molar-refractivity contribution in [1.29, 1.82) is 0 Å². The number of nitrogens with two attached hydrogens (primary N) is 1. The first-order valence-corrected chi connectivity index (χ1v) is 7.85. The molecule has 1 heterocycles. The van der Waals surface area contributed by atoms with Gasteiger partial charge in [-0.3, -0.25) is 14.3 Å². The summed E-state index contributed by atoms with van der Waals surface area (Å²) in [7, 11) is 1.61. The predicted molar refractivity (Wildman–Crippen MR) is 94.3 cm³/mol. The van der Waals surface area contributed by atoms with Gasteiger partial charge in [0, 0.05) is 31.8 Å². The van der Waals surface area contributed by atoms with Crippen LogP contribution in [0.4, 0.5) is 11.5 Å². The van der Waals surface area contributed by atoms with Crippen molar-refractivity contribution >= 4 is 23.1 Å². The first-order chi connectivity index (χ1) is 10.8. The van der Waals surface area contributed by atoms with E-state index in [0.29, 0.717) is 31.1 Å². The van der Waals surface area contributed by atoms with Gasteiger partial charge in [0.1, 0.15) is 11.5 Å². The maximum absolute atomic E-state index is 12.3. The second-order valence-electron chi connectivity index (χ2n) is 5.78. The highest BCUT2D eigenvalue weighted by Gasteiger charge is 2.19. The van der Waals surface area contributed by atoms with Crippen LogP contribution >= 0.6 is 11.6 Å². The highest BCUT2D eigenvalue weighted by Crippen LogP contribution is 2.19. The summed E-state index contributed by atoms with van der Waals surface area (Å²) in [5.41, 5.74) is 5.32. The van der Waals surface area contributed by atoms with Crippen molar-refractivity contribution in [3.05, 3.63) is 32.4 Å². The average Bonchev–Trinajstić information content (AvgIpc) is 2.42. The van der Waals surface area contributed by atoms with Gasteiger partial charge in [-0.1, -0.05) is 32.0 Å². The van der Waals surface area contributed by atoms with Crippen molar-refractivity contribution < 1.29 is 4.74 Å². The lowest BCUT2D eigenvalue weighted by molar-refractivity contribution is 0.196. The van der Waals surface area contributed by atoms with E-state index < -0.39 is 11.2 Å². The van der Waals surface area contributed by atoms with Crippen LogP contribution in [-0.4, -0.2) is 36.4 Å². The normalized spacial score (nSPS) is 11.0. The zero-order valence-electron chi connectivity index (χ0n) is 13.9. The van der Waals surface area contributed by atoms with Crippen molar-refractivity contribution in [2.45, 2.75) is 26.8 Å². The summed E-state index contributed by atoms with van der Waals surface area (Å²) in [5.74, 6) is 0.349. The number of H-pyrrole nitrogens is 1. The van der Waals surface area contributed by atoms with Crippen LogP contribution in [0.5, 0.6) is 0 Å². The zero-order valence-corrected chi connectivity index (χ0v) is 14.7. The molecule has 0 saturated heterocycles. The first-order valence-electron chi connectivity index (χ1n) is 7.47. The summed E-state index contributed by atoms with van der Waals surface area (Å²) >= 11 is 5.91. The third-order valence-electron chi connectivity index (χ3n) is 3.22. The van der Waals surface area contributed by atoms with Gasteiger partial charge in [0.2, 0.25) is 0 Å². The van der Waals surface area contributed by atoms with E-state index in [-0.39, 0.29) is 24.0 Å². The Labute approximate surface area is 140 Å². The molecule has 0 atom stereocenters. The molecule has 23 heavy (non-hydrogen) atoms. The smallest absolute Gasteiger partial charge is 0.330 e. The van der Waals surface area contributed by atoms with Crippen molar-refractivity contribution in [2.75, 3.05) is 37.4 Å². The number of anilines is 2. The Morgan fingerprint density at radius 2 is 2.13 bits per heavy atom. The minimum absolute atomic E-state index is 0.141. The van der Waals surface area contributed by atoms with Crippen LogP contribution in [0.25, 0.3) is 0 Å². The number of ether oxygens (including phenoxy) is 1. The van der Waals surface area contributed by atoms with Gasteiger partial charge < -0.3 is 15.4 Å². The lowest BCUT2D eigenvalue weighted by atomic mass is 10.2. The molecule has 1 aromatic rings. The fraction of sp³-hybridized carbons (Fsp3) is 0.600. The second kappa shape index (κ2) is 8.79. The average molecular weight is 345 g/mol. The first kappa shape index (κ1) is 19.3. The SMILES string of the molecule is C=C(Cl)CN(CCCOC)c1c(N)n(CC(C)C)c(=O)[nH]c1=O. The summed E-state index contributed by atoms with van der Waals surface area (Å²) in [4.78, 5) is 28.3. The molecule has 0 aliphatic carbocycles. The third kappa shape index (κ3) is 5.44. The number of aromatic nitrogens is 2. The summed E-state index contributed by atoms with van der Waals surface area (Å²) < 4.78 is 6.41. The lowest BCUT2D eigenvalue weighted by Crippen LogP contribution is -2.40. The molecular weight excluding hydrogens is 320 g/mol. The van der Waals surface area contributed by atoms with E-state index in [1.165, 1.54) is 4.57 Å². The highest BCUT2D eigenvalue weighted by atomic mass is 35.5. The van der Waals surface area contributed by atoms with Gasteiger partial charge in [0.25, 0.3) is 5.56 Å². The molecule has 1 rings (SSSR count). The van der Waals surface area contributed by atoms with Crippen LogP contribution in [0, 0.1) is 5.92 Å². The minimum atomic E-state index is -0.525. The van der Waals surface area contributed by atoms with Crippen LogP contribution in [0.2, 0.25) is 0 Å². The number of methoxy groups -OCH3 is 1. The van der Waals surface area contributed by atoms with E-state index in [0.717, 1.165) is 0 Å². The van der Waals surface area contributed by atoms with Gasteiger partial charge in [-0.15, -0.1) is 0 Å². The molecule has 0 saturated carbocycles. The van der Waals surface area contributed by atoms with Crippen molar-refractivity contribution in [1.82, 2.24) is 9.55 Å². The molecule has 0 spiro atoms. The van der Waals surface area contributed by atoms with Gasteiger partial charge in [-0.25, -0.2) is 4.79 Å². The van der Waals surface area contributed by atoms with Crippen LogP contribution in [0.3, 0.4) is 0 Å². The Morgan fingerprint density at radius 1 is 1.48 bits per heavy atom. The largest absolute Gasteiger partial charge is 0.385 e. The lowest BCUT2D eigenvalue weighted by Gasteiger charge is -2.26. The standard InChI is InChI=1S/C15H25ClN4O3/c1-10(2)8-20-13(17)12(14(21)18-15(20)22)19(9-11(3)16)6-5-7-23-4/h10H,3,5-9,17H2,1-2,4H3,(H,18,21,22). The molecule has 0 bridgehead atoms. The van der Waals surface area contributed by atoms with Crippen molar-refractivity contribution in [3.63, 3.8) is 0 Å². The number of hydrogen-bond acceptors (Lipinski definition) is 5. The van der Waals surface area contributed by atoms with Gasteiger partial charge in [0.05, 0.1) is 6.54 Å². The van der Waals surface area contributed by atoms with Crippen LogP contribution in [-0.2, 0) is 11.3 Å². The van der Waals surface area contributed by atoms with Crippen LogP contribution < -0.4 is 21.9 Å². The molecule has 0 fully saturated rings. The molecule has 0 amide bonds. The molecular formula is C15H25ClN4O3. The maximum atomic E-state index is 12.3. The van der Waals surface area contributed by atoms with Crippen LogP contribution in [0.15, 0.2) is 21.2 Å². The molecule has 130 valence electrons. The van der Waals surface area contributed by atoms with Crippen molar-refractivity contribution in [3.8, 4) is 0 Å². The Kier molecular flexibility index (Phi) is 7.38. The number of hydrogen-bond donors (Lipinski definition) is 2. The number of halogens is 1. The second-order valence-corrected chi connectivity index (χ2v) is 6.32. The summed E-state index contributed by atoms with van der Waals surface area (Å²) in [6.07, 6.45) is 0.683. The van der Waals surface area contributed by atoms with Gasteiger partial charge >= 0.3 is 5.69 Å². The number of aromatic amines is 1. The van der Waals surface area contributed by atoms with Gasteiger partial charge in [-0.2, -0.15) is 0 Å². The Bertz CT molecular complexity index is 651. The molecule has 8 heteroatoms. The summed E-state index contributed by atoms with van der Waals surface area (Å²) in [5, 5.41) is 0.378. The van der Waals surface area contributed by atoms with E-state index in [2.05, 4.69) is 11.6 Å². The Hall–Kier alpha value is -1.73. The Balaban J connectivity index is 3.31. The van der Waals surface area contributed by atoms with Crippen LogP contribution in [0.1, 0.15) is 20.3 Å². The number of nitrogens with one attached hydrogen (secondary N) is 1. The van der Waals surface area contributed by atoms with E-state index in [4.69, 9.17) is 22.1 Å². The quantitative estimate of drug-likeness (QED) is 0.660. The monoisotopic (exact) mass is 344 g/mol. The highest BCUT2D eigenvalue weighted by molar-refractivity contribution is 6.29. The number of nitrogen functional groups attached to an aromatic ring is 1. The number of rotatable bonds is 9. The zero-order chi connectivity index (χ0) is 17.6. The molecule has 0 aliphatic rings. The van der Waals surface area contributed by atoms with E-state index >= 15 is 0 Å². The van der Waals surface area contributed by atoms with E-state index in [1.54, 1.807) is 12.0 Å². The maximum Gasteiger partial charge on any atom is 0.330 e. The summed E-state index contributed by atoms with van der Waals surface area (Å²) in [6, 6.07) is 0. The Morgan fingerprint density at radius 3 is 2.65 bits per heavy atom. The third-order valence-corrected chi connectivity index (χ3v) is 3.34. The predicted octanol–water partition coefficient (Wildman–Crippen LogP) is 1.37. The molecule has 7 nitrogen and oxygen atoms in total. The van der Waals surface area contributed by atoms with Crippen molar-refractivity contribution in [2.24, 2.45) is 5.92 Å². The topological polar surface area (TPSA) is 93.3 Å². The fourth-order valence-electron chi connectivity index (χ4n) is 2.31. The molecule has 1 aromatic heterocycles. The molecule has 0 aromatic carbocycles. The molecule has 0 unspecified atom stereocenters.